The highest BCUT2D eigenvalue weighted by molar-refractivity contribution is 7.98. The van der Waals surface area contributed by atoms with E-state index in [1.54, 1.807) is 11.8 Å². The molecule has 0 atom stereocenters. The minimum absolute atomic E-state index is 0.204. The van der Waals surface area contributed by atoms with E-state index >= 15 is 0 Å². The SMILES string of the molecule is CSCCOC(=O)c1coc(-c2ccccc2)n1. The molecule has 0 bridgehead atoms. The first kappa shape index (κ1) is 12.7. The van der Waals surface area contributed by atoms with Gasteiger partial charge in [-0.25, -0.2) is 9.78 Å². The van der Waals surface area contributed by atoms with Crippen molar-refractivity contribution >= 4 is 17.7 Å². The molecule has 0 amide bonds. The molecule has 0 radical (unpaired) electrons. The standard InChI is InChI=1S/C13H13NO3S/c1-18-8-7-16-13(15)11-9-17-12(14-11)10-5-3-2-4-6-10/h2-6,9H,7-8H2,1H3. The third-order valence-electron chi connectivity index (χ3n) is 2.25. The molecule has 2 rings (SSSR count). The summed E-state index contributed by atoms with van der Waals surface area (Å²) in [5.41, 5.74) is 1.04. The van der Waals surface area contributed by atoms with Crippen LogP contribution in [0.2, 0.25) is 0 Å². The predicted octanol–water partition coefficient (Wildman–Crippen LogP) is 2.86. The van der Waals surface area contributed by atoms with Crippen molar-refractivity contribution < 1.29 is 13.9 Å². The minimum atomic E-state index is -0.449. The van der Waals surface area contributed by atoms with E-state index in [-0.39, 0.29) is 5.69 Å². The summed E-state index contributed by atoms with van der Waals surface area (Å²) in [6.07, 6.45) is 3.28. The first-order valence-electron chi connectivity index (χ1n) is 5.48. The van der Waals surface area contributed by atoms with Gasteiger partial charge in [0.15, 0.2) is 5.69 Å². The van der Waals surface area contributed by atoms with Gasteiger partial charge in [-0.15, -0.1) is 0 Å². The van der Waals surface area contributed by atoms with Crippen molar-refractivity contribution in [2.75, 3.05) is 18.6 Å². The maximum absolute atomic E-state index is 11.6. The van der Waals surface area contributed by atoms with Crippen molar-refractivity contribution in [3.63, 3.8) is 0 Å². The smallest absolute Gasteiger partial charge is 0.360 e. The summed E-state index contributed by atoms with van der Waals surface area (Å²) in [6.45, 7) is 0.382. The fourth-order valence-electron chi connectivity index (χ4n) is 1.37. The fraction of sp³-hybridized carbons (Fsp3) is 0.231. The number of hydrogen-bond acceptors (Lipinski definition) is 5. The Balaban J connectivity index is 2.04. The summed E-state index contributed by atoms with van der Waals surface area (Å²) in [4.78, 5) is 15.7. The van der Waals surface area contributed by atoms with Gasteiger partial charge in [-0.1, -0.05) is 18.2 Å². The third kappa shape index (κ3) is 3.13. The van der Waals surface area contributed by atoms with Gasteiger partial charge in [0.2, 0.25) is 5.89 Å². The zero-order valence-electron chi connectivity index (χ0n) is 9.96. The Morgan fingerprint density at radius 1 is 1.39 bits per heavy atom. The van der Waals surface area contributed by atoms with Crippen LogP contribution in [-0.4, -0.2) is 29.6 Å². The van der Waals surface area contributed by atoms with Gasteiger partial charge in [-0.2, -0.15) is 11.8 Å². The number of esters is 1. The number of carbonyl (C=O) groups is 1. The molecule has 1 heterocycles. The van der Waals surface area contributed by atoms with Gasteiger partial charge in [0.05, 0.1) is 0 Å². The van der Waals surface area contributed by atoms with Gasteiger partial charge < -0.3 is 9.15 Å². The van der Waals surface area contributed by atoms with Crippen LogP contribution in [0.3, 0.4) is 0 Å². The van der Waals surface area contributed by atoms with Crippen molar-refractivity contribution in [3.05, 3.63) is 42.3 Å². The van der Waals surface area contributed by atoms with Crippen LogP contribution in [0.25, 0.3) is 11.5 Å². The monoisotopic (exact) mass is 263 g/mol. The molecule has 0 aliphatic carbocycles. The van der Waals surface area contributed by atoms with Gasteiger partial charge in [0.25, 0.3) is 0 Å². The fourth-order valence-corrected chi connectivity index (χ4v) is 1.62. The Hall–Kier alpha value is -1.75. The topological polar surface area (TPSA) is 52.3 Å². The van der Waals surface area contributed by atoms with Crippen LogP contribution >= 0.6 is 11.8 Å². The highest BCUT2D eigenvalue weighted by atomic mass is 32.2. The number of nitrogens with zero attached hydrogens (tertiary/aromatic N) is 1. The van der Waals surface area contributed by atoms with Crippen LogP contribution in [0.15, 0.2) is 41.0 Å². The molecular formula is C13H13NO3S. The lowest BCUT2D eigenvalue weighted by atomic mass is 10.2. The molecule has 0 fully saturated rings. The molecule has 0 aliphatic rings. The number of hydrogen-bond donors (Lipinski definition) is 0. The second-order valence-corrected chi connectivity index (χ2v) is 4.52. The van der Waals surface area contributed by atoms with Crippen molar-refractivity contribution in [1.29, 1.82) is 0 Å². The molecule has 1 aromatic heterocycles. The molecule has 5 heteroatoms. The van der Waals surface area contributed by atoms with Crippen LogP contribution in [0, 0.1) is 0 Å². The number of rotatable bonds is 5. The summed E-state index contributed by atoms with van der Waals surface area (Å²) in [7, 11) is 0. The summed E-state index contributed by atoms with van der Waals surface area (Å²) < 4.78 is 10.3. The molecule has 0 spiro atoms. The molecule has 4 nitrogen and oxygen atoms in total. The molecule has 0 unspecified atom stereocenters. The van der Waals surface area contributed by atoms with E-state index < -0.39 is 5.97 Å². The van der Waals surface area contributed by atoms with E-state index in [1.807, 2.05) is 36.6 Å². The van der Waals surface area contributed by atoms with Crippen LogP contribution in [-0.2, 0) is 4.74 Å². The average molecular weight is 263 g/mol. The van der Waals surface area contributed by atoms with E-state index in [1.165, 1.54) is 6.26 Å². The van der Waals surface area contributed by atoms with E-state index in [9.17, 15) is 4.79 Å². The Bertz CT molecular complexity index is 510. The molecule has 1 aromatic carbocycles. The summed E-state index contributed by atoms with van der Waals surface area (Å²) >= 11 is 1.62. The van der Waals surface area contributed by atoms with E-state index in [0.717, 1.165) is 11.3 Å². The van der Waals surface area contributed by atoms with Crippen LogP contribution in [0.1, 0.15) is 10.5 Å². The zero-order valence-corrected chi connectivity index (χ0v) is 10.8. The van der Waals surface area contributed by atoms with E-state index in [2.05, 4.69) is 4.98 Å². The van der Waals surface area contributed by atoms with Crippen LogP contribution in [0.5, 0.6) is 0 Å². The normalized spacial score (nSPS) is 10.3. The number of benzene rings is 1. The second kappa shape index (κ2) is 6.26. The van der Waals surface area contributed by atoms with Crippen molar-refractivity contribution in [3.8, 4) is 11.5 Å². The van der Waals surface area contributed by atoms with Crippen LogP contribution in [0.4, 0.5) is 0 Å². The molecule has 94 valence electrons. The lowest BCUT2D eigenvalue weighted by Gasteiger charge is -1.99. The highest BCUT2D eigenvalue weighted by Crippen LogP contribution is 2.18. The average Bonchev–Trinajstić information content (AvgIpc) is 2.89. The Morgan fingerprint density at radius 2 is 2.17 bits per heavy atom. The molecule has 18 heavy (non-hydrogen) atoms. The number of carbonyl (C=O) groups excluding carboxylic acids is 1. The second-order valence-electron chi connectivity index (χ2n) is 3.53. The largest absolute Gasteiger partial charge is 0.460 e. The molecule has 0 aliphatic heterocycles. The van der Waals surface area contributed by atoms with Gasteiger partial charge in [-0.3, -0.25) is 0 Å². The van der Waals surface area contributed by atoms with Gasteiger partial charge in [-0.05, 0) is 18.4 Å². The lowest BCUT2D eigenvalue weighted by molar-refractivity contribution is 0.0523. The molecule has 0 N–H and O–H groups in total. The van der Waals surface area contributed by atoms with Crippen molar-refractivity contribution in [1.82, 2.24) is 4.98 Å². The first-order valence-corrected chi connectivity index (χ1v) is 6.87. The quantitative estimate of drug-likeness (QED) is 0.613. The van der Waals surface area contributed by atoms with Crippen molar-refractivity contribution in [2.24, 2.45) is 0 Å². The Labute approximate surface area is 109 Å². The third-order valence-corrected chi connectivity index (χ3v) is 2.83. The molecule has 0 saturated heterocycles. The number of aromatic nitrogens is 1. The van der Waals surface area contributed by atoms with Gasteiger partial charge in [0, 0.05) is 11.3 Å². The predicted molar refractivity (Wildman–Crippen MR) is 70.6 cm³/mol. The molecular weight excluding hydrogens is 250 g/mol. The molecule has 0 saturated carbocycles. The minimum Gasteiger partial charge on any atom is -0.460 e. The van der Waals surface area contributed by atoms with E-state index in [0.29, 0.717) is 12.5 Å². The maximum Gasteiger partial charge on any atom is 0.360 e. The van der Waals surface area contributed by atoms with Crippen LogP contribution < -0.4 is 0 Å². The number of ether oxygens (including phenoxy) is 1. The first-order chi connectivity index (χ1) is 8.81. The lowest BCUT2D eigenvalue weighted by Crippen LogP contribution is -2.08. The molecule has 2 aromatic rings. The van der Waals surface area contributed by atoms with E-state index in [4.69, 9.17) is 9.15 Å². The number of thioether (sulfide) groups is 1. The Morgan fingerprint density at radius 3 is 2.89 bits per heavy atom. The van der Waals surface area contributed by atoms with Gasteiger partial charge >= 0.3 is 5.97 Å². The zero-order chi connectivity index (χ0) is 12.8. The summed E-state index contributed by atoms with van der Waals surface area (Å²) in [6, 6.07) is 9.42. The summed E-state index contributed by atoms with van der Waals surface area (Å²) in [5, 5.41) is 0. The maximum atomic E-state index is 11.6. The highest BCUT2D eigenvalue weighted by Gasteiger charge is 2.14. The van der Waals surface area contributed by atoms with Crippen molar-refractivity contribution in [2.45, 2.75) is 0 Å². The Kier molecular flexibility index (Phi) is 4.41. The summed E-state index contributed by atoms with van der Waals surface area (Å²) in [5.74, 6) is 0.747. The van der Waals surface area contributed by atoms with Gasteiger partial charge in [0.1, 0.15) is 12.9 Å². The number of oxazole rings is 1.